The van der Waals surface area contributed by atoms with Crippen molar-refractivity contribution >= 4 is 15.9 Å². The minimum Gasteiger partial charge on any atom is -0.448 e. The van der Waals surface area contributed by atoms with Crippen LogP contribution in [0.3, 0.4) is 0 Å². The van der Waals surface area contributed by atoms with Gasteiger partial charge in [-0.05, 0) is 24.6 Å². The molecule has 14 heavy (non-hydrogen) atoms. The third-order valence-electron chi connectivity index (χ3n) is 1.91. The molecule has 0 saturated carbocycles. The Hall–Kier alpha value is -1.09. The van der Waals surface area contributed by atoms with E-state index in [1.54, 1.807) is 6.26 Å². The Morgan fingerprint density at radius 2 is 2.29 bits per heavy atom. The van der Waals surface area contributed by atoms with E-state index in [1.807, 2.05) is 19.1 Å². The number of halogens is 1. The van der Waals surface area contributed by atoms with Gasteiger partial charge in [0.1, 0.15) is 6.26 Å². The van der Waals surface area contributed by atoms with E-state index < -0.39 is 0 Å². The molecule has 0 spiro atoms. The fraction of sp³-hybridized carbons (Fsp3) is 0.182. The Balaban J connectivity index is 2.18. The largest absolute Gasteiger partial charge is 0.448 e. The van der Waals surface area contributed by atoms with Crippen molar-refractivity contribution in [2.45, 2.75) is 13.3 Å². The fourth-order valence-corrected chi connectivity index (χ4v) is 1.75. The summed E-state index contributed by atoms with van der Waals surface area (Å²) in [4.78, 5) is 4.25. The molecule has 2 rings (SSSR count). The highest BCUT2D eigenvalue weighted by Gasteiger charge is 2.02. The van der Waals surface area contributed by atoms with E-state index in [1.165, 1.54) is 5.56 Å². The van der Waals surface area contributed by atoms with Crippen LogP contribution in [0, 0.1) is 6.92 Å². The zero-order valence-corrected chi connectivity index (χ0v) is 9.41. The van der Waals surface area contributed by atoms with Crippen LogP contribution in [0.4, 0.5) is 0 Å². The van der Waals surface area contributed by atoms with E-state index in [2.05, 4.69) is 33.0 Å². The summed E-state index contributed by atoms with van der Waals surface area (Å²) >= 11 is 3.43. The molecule has 1 aromatic carbocycles. The summed E-state index contributed by atoms with van der Waals surface area (Å²) in [7, 11) is 0. The summed E-state index contributed by atoms with van der Waals surface area (Å²) in [5.41, 5.74) is 2.12. The van der Waals surface area contributed by atoms with E-state index in [0.717, 1.165) is 22.5 Å². The summed E-state index contributed by atoms with van der Waals surface area (Å²) in [6, 6.07) is 8.14. The van der Waals surface area contributed by atoms with Crippen molar-refractivity contribution in [2.24, 2.45) is 0 Å². The van der Waals surface area contributed by atoms with Gasteiger partial charge in [-0.1, -0.05) is 28.1 Å². The topological polar surface area (TPSA) is 26.0 Å². The number of nitrogens with zero attached hydrogens (tertiary/aromatic N) is 1. The van der Waals surface area contributed by atoms with Crippen LogP contribution in [0.15, 0.2) is 39.4 Å². The van der Waals surface area contributed by atoms with Gasteiger partial charge >= 0.3 is 0 Å². The Bertz CT molecular complexity index is 436. The number of aromatic nitrogens is 1. The first-order valence-electron chi connectivity index (χ1n) is 4.39. The number of aryl methyl sites for hydroxylation is 1. The van der Waals surface area contributed by atoms with Gasteiger partial charge in [-0.2, -0.15) is 0 Å². The second kappa shape index (κ2) is 3.96. The molecule has 0 N–H and O–H groups in total. The predicted octanol–water partition coefficient (Wildman–Crippen LogP) is 3.34. The molecule has 1 aromatic heterocycles. The van der Waals surface area contributed by atoms with Crippen molar-refractivity contribution in [1.29, 1.82) is 0 Å². The molecule has 1 heterocycles. The molecule has 0 unspecified atom stereocenters. The molecule has 0 aliphatic rings. The number of rotatable bonds is 2. The van der Waals surface area contributed by atoms with Crippen LogP contribution < -0.4 is 0 Å². The van der Waals surface area contributed by atoms with Gasteiger partial charge in [-0.25, -0.2) is 4.98 Å². The highest BCUT2D eigenvalue weighted by atomic mass is 79.9. The number of hydrogen-bond acceptors (Lipinski definition) is 2. The first-order chi connectivity index (χ1) is 6.74. The van der Waals surface area contributed by atoms with E-state index in [4.69, 9.17) is 4.42 Å². The zero-order chi connectivity index (χ0) is 9.97. The summed E-state index contributed by atoms with van der Waals surface area (Å²) in [6.45, 7) is 1.92. The van der Waals surface area contributed by atoms with Crippen LogP contribution in [-0.4, -0.2) is 4.98 Å². The third kappa shape index (κ3) is 2.23. The van der Waals surface area contributed by atoms with Crippen LogP contribution in [0.1, 0.15) is 17.1 Å². The van der Waals surface area contributed by atoms with Crippen molar-refractivity contribution in [3.8, 4) is 0 Å². The summed E-state index contributed by atoms with van der Waals surface area (Å²) in [6.07, 6.45) is 2.42. The van der Waals surface area contributed by atoms with Crippen LogP contribution in [0.25, 0.3) is 0 Å². The van der Waals surface area contributed by atoms with Crippen molar-refractivity contribution < 1.29 is 4.42 Å². The Morgan fingerprint density at radius 3 is 2.93 bits per heavy atom. The molecular formula is C11H10BrNO. The Labute approximate surface area is 91.1 Å². The molecule has 0 aliphatic heterocycles. The molecule has 0 bridgehead atoms. The molecule has 2 nitrogen and oxygen atoms in total. The molecule has 0 aliphatic carbocycles. The minimum absolute atomic E-state index is 0.743. The first-order valence-corrected chi connectivity index (χ1v) is 5.19. The van der Waals surface area contributed by atoms with Crippen molar-refractivity contribution in [2.75, 3.05) is 0 Å². The van der Waals surface area contributed by atoms with E-state index in [0.29, 0.717) is 0 Å². The predicted molar refractivity (Wildman–Crippen MR) is 58.2 cm³/mol. The Morgan fingerprint density at radius 1 is 1.43 bits per heavy atom. The van der Waals surface area contributed by atoms with Crippen LogP contribution >= 0.6 is 15.9 Å². The molecule has 72 valence electrons. The summed E-state index contributed by atoms with van der Waals surface area (Å²) < 4.78 is 6.36. The lowest BCUT2D eigenvalue weighted by molar-refractivity contribution is 0.506. The second-order valence-electron chi connectivity index (χ2n) is 3.19. The van der Waals surface area contributed by atoms with Crippen molar-refractivity contribution in [3.63, 3.8) is 0 Å². The molecular weight excluding hydrogens is 242 g/mol. The maximum absolute atomic E-state index is 5.28. The van der Waals surface area contributed by atoms with Crippen molar-refractivity contribution in [3.05, 3.63) is 52.1 Å². The van der Waals surface area contributed by atoms with Crippen LogP contribution in [0.5, 0.6) is 0 Å². The summed E-state index contributed by atoms with van der Waals surface area (Å²) in [5.74, 6) is 0.764. The zero-order valence-electron chi connectivity index (χ0n) is 7.83. The number of oxazole rings is 1. The highest BCUT2D eigenvalue weighted by Crippen LogP contribution is 2.14. The monoisotopic (exact) mass is 251 g/mol. The second-order valence-corrected chi connectivity index (χ2v) is 4.10. The van der Waals surface area contributed by atoms with Crippen LogP contribution in [0.2, 0.25) is 0 Å². The summed E-state index contributed by atoms with van der Waals surface area (Å²) in [5, 5.41) is 0. The van der Waals surface area contributed by atoms with Crippen LogP contribution in [-0.2, 0) is 6.42 Å². The molecule has 2 aromatic rings. The Kier molecular flexibility index (Phi) is 2.68. The number of hydrogen-bond donors (Lipinski definition) is 0. The average molecular weight is 252 g/mol. The minimum atomic E-state index is 0.743. The van der Waals surface area contributed by atoms with E-state index >= 15 is 0 Å². The van der Waals surface area contributed by atoms with E-state index in [-0.39, 0.29) is 0 Å². The maximum atomic E-state index is 5.28. The lowest BCUT2D eigenvalue weighted by atomic mass is 10.1. The van der Waals surface area contributed by atoms with Gasteiger partial charge in [0.2, 0.25) is 0 Å². The molecule has 0 atom stereocenters. The first kappa shape index (κ1) is 9.46. The molecule has 0 fully saturated rings. The van der Waals surface area contributed by atoms with E-state index in [9.17, 15) is 0 Å². The SMILES string of the molecule is Cc1coc(Cc2cccc(Br)c2)n1. The fourth-order valence-electron chi connectivity index (χ4n) is 1.31. The maximum Gasteiger partial charge on any atom is 0.198 e. The highest BCUT2D eigenvalue weighted by molar-refractivity contribution is 9.10. The van der Waals surface area contributed by atoms with Gasteiger partial charge in [0.25, 0.3) is 0 Å². The van der Waals surface area contributed by atoms with Gasteiger partial charge in [-0.3, -0.25) is 0 Å². The lowest BCUT2D eigenvalue weighted by Crippen LogP contribution is -1.87. The lowest BCUT2D eigenvalue weighted by Gasteiger charge is -1.97. The van der Waals surface area contributed by atoms with Gasteiger partial charge in [0.05, 0.1) is 5.69 Å². The van der Waals surface area contributed by atoms with Gasteiger partial charge in [-0.15, -0.1) is 0 Å². The van der Waals surface area contributed by atoms with Gasteiger partial charge in [0.15, 0.2) is 5.89 Å². The third-order valence-corrected chi connectivity index (χ3v) is 2.40. The standard InChI is InChI=1S/C11H10BrNO/c1-8-7-14-11(13-8)6-9-3-2-4-10(12)5-9/h2-5,7H,6H2,1H3. The average Bonchev–Trinajstić information content (AvgIpc) is 2.51. The molecule has 0 amide bonds. The normalized spacial score (nSPS) is 10.4. The van der Waals surface area contributed by atoms with Gasteiger partial charge < -0.3 is 4.42 Å². The van der Waals surface area contributed by atoms with Gasteiger partial charge in [0, 0.05) is 10.9 Å². The molecule has 0 radical (unpaired) electrons. The van der Waals surface area contributed by atoms with Crippen molar-refractivity contribution in [1.82, 2.24) is 4.98 Å². The number of benzene rings is 1. The smallest absolute Gasteiger partial charge is 0.198 e. The molecule has 0 saturated heterocycles. The molecule has 3 heteroatoms. The quantitative estimate of drug-likeness (QED) is 0.819.